The van der Waals surface area contributed by atoms with Gasteiger partial charge in [0, 0.05) is 17.4 Å². The Labute approximate surface area is 162 Å². The molecular weight excluding hydrogens is 344 g/mol. The van der Waals surface area contributed by atoms with Gasteiger partial charge in [-0.2, -0.15) is 0 Å². The molecule has 2 aromatic carbocycles. The normalized spacial score (nSPS) is 12.1. The molecule has 140 valence electrons. The van der Waals surface area contributed by atoms with Crippen LogP contribution in [0.2, 0.25) is 0 Å². The minimum Gasteiger partial charge on any atom is -0.497 e. The SMILES string of the molecule is COc1cc(OC)cc(C(C)(C)/C(=C/CCCCCl)c2ccccc2)c1. The molecule has 26 heavy (non-hydrogen) atoms. The van der Waals surface area contributed by atoms with Crippen LogP contribution in [0.5, 0.6) is 11.5 Å². The predicted molar refractivity (Wildman–Crippen MR) is 112 cm³/mol. The third-order valence-corrected chi connectivity index (χ3v) is 5.03. The molecule has 0 unspecified atom stereocenters. The lowest BCUT2D eigenvalue weighted by atomic mass is 9.74. The zero-order valence-corrected chi connectivity index (χ0v) is 17.0. The van der Waals surface area contributed by atoms with Crippen molar-refractivity contribution in [3.63, 3.8) is 0 Å². The van der Waals surface area contributed by atoms with Crippen LogP contribution in [0.15, 0.2) is 54.6 Å². The van der Waals surface area contributed by atoms with Crippen LogP contribution in [0, 0.1) is 0 Å². The van der Waals surface area contributed by atoms with Gasteiger partial charge >= 0.3 is 0 Å². The Kier molecular flexibility index (Phi) is 7.59. The second kappa shape index (κ2) is 9.68. The fourth-order valence-electron chi connectivity index (χ4n) is 3.16. The number of halogens is 1. The molecule has 2 aromatic rings. The molecule has 2 nitrogen and oxygen atoms in total. The Morgan fingerprint density at radius 2 is 1.58 bits per heavy atom. The third-order valence-electron chi connectivity index (χ3n) is 4.77. The van der Waals surface area contributed by atoms with Crippen LogP contribution in [0.1, 0.15) is 44.2 Å². The number of rotatable bonds is 9. The first-order chi connectivity index (χ1) is 12.5. The molecule has 0 atom stereocenters. The van der Waals surface area contributed by atoms with E-state index in [0.717, 1.165) is 30.8 Å². The molecule has 0 fully saturated rings. The van der Waals surface area contributed by atoms with Crippen LogP contribution in [-0.4, -0.2) is 20.1 Å². The zero-order chi connectivity index (χ0) is 19.0. The molecular formula is C23H29ClO2. The molecule has 0 aromatic heterocycles. The monoisotopic (exact) mass is 372 g/mol. The summed E-state index contributed by atoms with van der Waals surface area (Å²) in [4.78, 5) is 0. The van der Waals surface area contributed by atoms with Crippen molar-refractivity contribution in [1.82, 2.24) is 0 Å². The predicted octanol–water partition coefficient (Wildman–Crippen LogP) is 6.47. The summed E-state index contributed by atoms with van der Waals surface area (Å²) in [6.07, 6.45) is 5.50. The first kappa shape index (κ1) is 20.4. The van der Waals surface area contributed by atoms with Gasteiger partial charge in [-0.25, -0.2) is 0 Å². The molecule has 0 spiro atoms. The molecule has 2 rings (SSSR count). The van der Waals surface area contributed by atoms with E-state index in [4.69, 9.17) is 21.1 Å². The Bertz CT molecular complexity index is 698. The highest BCUT2D eigenvalue weighted by Crippen LogP contribution is 2.41. The molecule has 0 bridgehead atoms. The van der Waals surface area contributed by atoms with Crippen molar-refractivity contribution in [2.24, 2.45) is 0 Å². The lowest BCUT2D eigenvalue weighted by Crippen LogP contribution is -2.20. The fraction of sp³-hybridized carbons (Fsp3) is 0.391. The van der Waals surface area contributed by atoms with Crippen LogP contribution in [0.25, 0.3) is 5.57 Å². The van der Waals surface area contributed by atoms with E-state index in [1.807, 2.05) is 6.07 Å². The lowest BCUT2D eigenvalue weighted by Gasteiger charge is -2.30. The van der Waals surface area contributed by atoms with Crippen molar-refractivity contribution in [2.75, 3.05) is 20.1 Å². The summed E-state index contributed by atoms with van der Waals surface area (Å²) < 4.78 is 11.0. The molecule has 0 saturated heterocycles. The van der Waals surface area contributed by atoms with Gasteiger partial charge in [-0.15, -0.1) is 11.6 Å². The minimum absolute atomic E-state index is 0.190. The molecule has 0 aliphatic carbocycles. The first-order valence-corrected chi connectivity index (χ1v) is 9.62. The van der Waals surface area contributed by atoms with Gasteiger partial charge in [0.05, 0.1) is 14.2 Å². The maximum absolute atomic E-state index is 5.84. The quantitative estimate of drug-likeness (QED) is 0.370. The summed E-state index contributed by atoms with van der Waals surface area (Å²) in [6.45, 7) is 4.50. The molecule has 0 N–H and O–H groups in total. The van der Waals surface area contributed by atoms with Crippen molar-refractivity contribution < 1.29 is 9.47 Å². The lowest BCUT2D eigenvalue weighted by molar-refractivity contribution is 0.392. The Balaban J connectivity index is 2.48. The summed E-state index contributed by atoms with van der Waals surface area (Å²) in [5, 5.41) is 0. The van der Waals surface area contributed by atoms with Crippen molar-refractivity contribution in [3.8, 4) is 11.5 Å². The maximum atomic E-state index is 5.84. The average Bonchev–Trinajstić information content (AvgIpc) is 2.68. The van der Waals surface area contributed by atoms with Crippen molar-refractivity contribution in [3.05, 3.63) is 65.7 Å². The van der Waals surface area contributed by atoms with Crippen LogP contribution < -0.4 is 9.47 Å². The molecule has 0 amide bonds. The Morgan fingerprint density at radius 1 is 0.962 bits per heavy atom. The largest absolute Gasteiger partial charge is 0.497 e. The third kappa shape index (κ3) is 5.04. The maximum Gasteiger partial charge on any atom is 0.122 e. The van der Waals surface area contributed by atoms with E-state index in [0.29, 0.717) is 5.88 Å². The van der Waals surface area contributed by atoms with Gasteiger partial charge in [-0.1, -0.05) is 50.3 Å². The van der Waals surface area contributed by atoms with Crippen LogP contribution in [-0.2, 0) is 5.41 Å². The Hall–Kier alpha value is -1.93. The number of unbranched alkanes of at least 4 members (excludes halogenated alkanes) is 2. The highest BCUT2D eigenvalue weighted by Gasteiger charge is 2.27. The van der Waals surface area contributed by atoms with Gasteiger partial charge in [0.2, 0.25) is 0 Å². The highest BCUT2D eigenvalue weighted by atomic mass is 35.5. The summed E-state index contributed by atoms with van der Waals surface area (Å²) in [7, 11) is 3.37. The highest BCUT2D eigenvalue weighted by molar-refractivity contribution is 6.17. The number of benzene rings is 2. The molecule has 3 heteroatoms. The van der Waals surface area contributed by atoms with E-state index >= 15 is 0 Å². The van der Waals surface area contributed by atoms with Gasteiger partial charge in [0.1, 0.15) is 11.5 Å². The van der Waals surface area contributed by atoms with Crippen LogP contribution >= 0.6 is 11.6 Å². The second-order valence-electron chi connectivity index (χ2n) is 6.89. The van der Waals surface area contributed by atoms with Crippen LogP contribution in [0.3, 0.4) is 0 Å². The number of hydrogen-bond donors (Lipinski definition) is 0. The number of ether oxygens (including phenoxy) is 2. The van der Waals surface area contributed by atoms with E-state index < -0.39 is 0 Å². The van der Waals surface area contributed by atoms with Crippen molar-refractivity contribution in [2.45, 2.75) is 38.5 Å². The summed E-state index contributed by atoms with van der Waals surface area (Å²) in [6, 6.07) is 16.7. The van der Waals surface area contributed by atoms with Crippen molar-refractivity contribution in [1.29, 1.82) is 0 Å². The molecule has 0 saturated carbocycles. The van der Waals surface area contributed by atoms with Crippen molar-refractivity contribution >= 4 is 17.2 Å². The minimum atomic E-state index is -0.190. The van der Waals surface area contributed by atoms with Gasteiger partial charge in [0.15, 0.2) is 0 Å². The first-order valence-electron chi connectivity index (χ1n) is 9.08. The molecule has 0 heterocycles. The molecule has 0 aliphatic rings. The summed E-state index contributed by atoms with van der Waals surface area (Å²) in [5.41, 5.74) is 3.53. The molecule has 0 aliphatic heterocycles. The van der Waals surface area contributed by atoms with Crippen LogP contribution in [0.4, 0.5) is 0 Å². The van der Waals surface area contributed by atoms with E-state index in [1.165, 1.54) is 16.7 Å². The number of methoxy groups -OCH3 is 2. The average molecular weight is 373 g/mol. The zero-order valence-electron chi connectivity index (χ0n) is 16.2. The van der Waals surface area contributed by atoms with E-state index in [1.54, 1.807) is 14.2 Å². The second-order valence-corrected chi connectivity index (χ2v) is 7.27. The fourth-order valence-corrected chi connectivity index (χ4v) is 3.35. The van der Waals surface area contributed by atoms with E-state index in [-0.39, 0.29) is 5.41 Å². The number of alkyl halides is 1. The smallest absolute Gasteiger partial charge is 0.122 e. The number of hydrogen-bond acceptors (Lipinski definition) is 2. The van der Waals surface area contributed by atoms with Gasteiger partial charge < -0.3 is 9.47 Å². The van der Waals surface area contributed by atoms with E-state index in [9.17, 15) is 0 Å². The summed E-state index contributed by atoms with van der Waals surface area (Å²) in [5.74, 6) is 2.33. The van der Waals surface area contributed by atoms with Gasteiger partial charge in [0.25, 0.3) is 0 Å². The van der Waals surface area contributed by atoms with Gasteiger partial charge in [-0.3, -0.25) is 0 Å². The Morgan fingerprint density at radius 3 is 2.12 bits per heavy atom. The number of allylic oxidation sites excluding steroid dienone is 2. The molecule has 0 radical (unpaired) electrons. The standard InChI is InChI=1S/C23H29ClO2/c1-23(2,19-15-20(25-3)17-21(16-19)26-4)22(13-9-6-10-14-24)18-11-7-5-8-12-18/h5,7-8,11-13,15-17H,6,9-10,14H2,1-4H3/b22-13+. The van der Waals surface area contributed by atoms with E-state index in [2.05, 4.69) is 62.4 Å². The van der Waals surface area contributed by atoms with Gasteiger partial charge in [-0.05, 0) is 48.1 Å². The summed E-state index contributed by atoms with van der Waals surface area (Å²) >= 11 is 5.84. The topological polar surface area (TPSA) is 18.5 Å².